The summed E-state index contributed by atoms with van der Waals surface area (Å²) >= 11 is 0. The predicted octanol–water partition coefficient (Wildman–Crippen LogP) is 2.92. The van der Waals surface area contributed by atoms with Crippen molar-refractivity contribution in [1.29, 1.82) is 0 Å². The van der Waals surface area contributed by atoms with E-state index in [0.717, 1.165) is 24.3 Å². The number of rotatable bonds is 0. The molecular weight excluding hydrogens is 200 g/mol. The molecule has 2 heteroatoms. The van der Waals surface area contributed by atoms with Crippen molar-refractivity contribution in [2.75, 3.05) is 6.61 Å². The van der Waals surface area contributed by atoms with Crippen molar-refractivity contribution in [2.24, 2.45) is 11.8 Å². The monoisotopic (exact) mass is 218 g/mol. The van der Waals surface area contributed by atoms with Crippen LogP contribution in [-0.4, -0.2) is 11.7 Å². The zero-order valence-electron chi connectivity index (χ0n) is 9.43. The summed E-state index contributed by atoms with van der Waals surface area (Å²) in [6.07, 6.45) is 4.55. The highest BCUT2D eigenvalue weighted by Crippen LogP contribution is 2.43. The van der Waals surface area contributed by atoms with Crippen LogP contribution in [-0.2, 0) is 0 Å². The zero-order chi connectivity index (χ0) is 11.0. The maximum absolute atomic E-state index is 10.5. The maximum atomic E-state index is 10.5. The highest BCUT2D eigenvalue weighted by Gasteiger charge is 2.35. The van der Waals surface area contributed by atoms with Gasteiger partial charge in [0.25, 0.3) is 0 Å². The number of benzene rings is 1. The van der Waals surface area contributed by atoms with Gasteiger partial charge in [0.15, 0.2) is 0 Å². The fourth-order valence-corrected chi connectivity index (χ4v) is 3.14. The Kier molecular flexibility index (Phi) is 2.60. The number of aliphatic hydroxyl groups is 1. The molecule has 0 unspecified atom stereocenters. The highest BCUT2D eigenvalue weighted by molar-refractivity contribution is 5.36. The Bertz CT molecular complexity index is 375. The number of aliphatic hydroxyl groups excluding tert-OH is 1. The third-order valence-corrected chi connectivity index (χ3v) is 4.06. The molecule has 1 aromatic rings. The predicted molar refractivity (Wildman–Crippen MR) is 62.3 cm³/mol. The van der Waals surface area contributed by atoms with E-state index in [-0.39, 0.29) is 6.10 Å². The molecule has 0 aromatic heterocycles. The van der Waals surface area contributed by atoms with Gasteiger partial charge in [-0.05, 0) is 30.7 Å². The van der Waals surface area contributed by atoms with Gasteiger partial charge in [-0.1, -0.05) is 31.0 Å². The van der Waals surface area contributed by atoms with Crippen LogP contribution >= 0.6 is 0 Å². The Hall–Kier alpha value is -1.02. The third-order valence-electron chi connectivity index (χ3n) is 4.06. The summed E-state index contributed by atoms with van der Waals surface area (Å²) in [4.78, 5) is 0. The molecule has 0 radical (unpaired) electrons. The van der Waals surface area contributed by atoms with Gasteiger partial charge in [-0.25, -0.2) is 0 Å². The summed E-state index contributed by atoms with van der Waals surface area (Å²) in [6, 6.07) is 7.92. The van der Waals surface area contributed by atoms with Crippen LogP contribution < -0.4 is 4.74 Å². The van der Waals surface area contributed by atoms with Gasteiger partial charge in [0.2, 0.25) is 0 Å². The maximum Gasteiger partial charge on any atom is 0.125 e. The number of ether oxygens (including phenoxy) is 1. The Morgan fingerprint density at radius 2 is 1.94 bits per heavy atom. The van der Waals surface area contributed by atoms with Gasteiger partial charge in [0, 0.05) is 5.56 Å². The quantitative estimate of drug-likeness (QED) is 0.725. The molecule has 86 valence electrons. The molecule has 1 heterocycles. The second-order valence-electron chi connectivity index (χ2n) is 5.00. The van der Waals surface area contributed by atoms with E-state index < -0.39 is 0 Å². The van der Waals surface area contributed by atoms with Crippen molar-refractivity contribution in [3.05, 3.63) is 29.8 Å². The van der Waals surface area contributed by atoms with Crippen LogP contribution in [0.25, 0.3) is 0 Å². The van der Waals surface area contributed by atoms with Gasteiger partial charge in [-0.15, -0.1) is 0 Å². The van der Waals surface area contributed by atoms with Crippen LogP contribution in [0.15, 0.2) is 24.3 Å². The highest BCUT2D eigenvalue weighted by atomic mass is 16.5. The molecule has 0 bridgehead atoms. The van der Waals surface area contributed by atoms with Crippen LogP contribution in [0.1, 0.15) is 37.4 Å². The van der Waals surface area contributed by atoms with E-state index in [1.807, 2.05) is 24.3 Å². The van der Waals surface area contributed by atoms with Crippen LogP contribution in [0.5, 0.6) is 5.75 Å². The topological polar surface area (TPSA) is 29.5 Å². The van der Waals surface area contributed by atoms with E-state index in [2.05, 4.69) is 0 Å². The summed E-state index contributed by atoms with van der Waals surface area (Å²) in [5, 5.41) is 10.5. The smallest absolute Gasteiger partial charge is 0.125 e. The Balaban J connectivity index is 1.96. The first-order chi connectivity index (χ1) is 7.86. The summed E-state index contributed by atoms with van der Waals surface area (Å²) in [5.74, 6) is 1.82. The van der Waals surface area contributed by atoms with Gasteiger partial charge in [-0.3, -0.25) is 0 Å². The second-order valence-corrected chi connectivity index (χ2v) is 5.00. The lowest BCUT2D eigenvalue weighted by molar-refractivity contribution is 0.0422. The Labute approximate surface area is 96.2 Å². The molecule has 0 saturated heterocycles. The van der Waals surface area contributed by atoms with E-state index in [1.165, 1.54) is 19.3 Å². The van der Waals surface area contributed by atoms with Crippen molar-refractivity contribution in [3.8, 4) is 5.75 Å². The molecule has 1 aliphatic heterocycles. The SMILES string of the molecule is O[C@@H]1c2ccccc2OC[C@H]2CCCC[C@H]21. The first-order valence-corrected chi connectivity index (χ1v) is 6.26. The molecule has 1 aliphatic carbocycles. The number of hydrogen-bond acceptors (Lipinski definition) is 2. The molecule has 0 amide bonds. The normalized spacial score (nSPS) is 33.2. The van der Waals surface area contributed by atoms with E-state index in [0.29, 0.717) is 11.8 Å². The number of fused-ring (bicyclic) bond motifs is 2. The summed E-state index contributed by atoms with van der Waals surface area (Å²) in [5.41, 5.74) is 0.983. The van der Waals surface area contributed by atoms with Crippen molar-refractivity contribution < 1.29 is 9.84 Å². The fourth-order valence-electron chi connectivity index (χ4n) is 3.14. The average Bonchev–Trinajstić information content (AvgIpc) is 2.49. The molecule has 16 heavy (non-hydrogen) atoms. The van der Waals surface area contributed by atoms with Crippen LogP contribution in [0, 0.1) is 11.8 Å². The molecular formula is C14H18O2. The van der Waals surface area contributed by atoms with Crippen LogP contribution in [0.4, 0.5) is 0 Å². The van der Waals surface area contributed by atoms with Gasteiger partial charge >= 0.3 is 0 Å². The van der Waals surface area contributed by atoms with Crippen molar-refractivity contribution in [2.45, 2.75) is 31.8 Å². The number of para-hydroxylation sites is 1. The molecule has 2 nitrogen and oxygen atoms in total. The summed E-state index contributed by atoms with van der Waals surface area (Å²) < 4.78 is 5.83. The average molecular weight is 218 g/mol. The standard InChI is InChI=1S/C14H18O2/c15-14-11-6-2-1-5-10(11)9-16-13-8-4-3-7-12(13)14/h3-4,7-8,10-11,14-15H,1-2,5-6,9H2/t10-,11-,14+/m1/s1. The number of hydrogen-bond donors (Lipinski definition) is 1. The Morgan fingerprint density at radius 1 is 1.12 bits per heavy atom. The molecule has 0 spiro atoms. The molecule has 3 rings (SSSR count). The van der Waals surface area contributed by atoms with Gasteiger partial charge < -0.3 is 9.84 Å². The van der Waals surface area contributed by atoms with Gasteiger partial charge in [-0.2, -0.15) is 0 Å². The summed E-state index contributed by atoms with van der Waals surface area (Å²) in [6.45, 7) is 0.777. The van der Waals surface area contributed by atoms with Gasteiger partial charge in [0.05, 0.1) is 12.7 Å². The van der Waals surface area contributed by atoms with Gasteiger partial charge in [0.1, 0.15) is 5.75 Å². The molecule has 2 aliphatic rings. The van der Waals surface area contributed by atoms with Crippen molar-refractivity contribution in [3.63, 3.8) is 0 Å². The molecule has 1 fully saturated rings. The van der Waals surface area contributed by atoms with Crippen LogP contribution in [0.2, 0.25) is 0 Å². The zero-order valence-corrected chi connectivity index (χ0v) is 9.43. The van der Waals surface area contributed by atoms with E-state index >= 15 is 0 Å². The Morgan fingerprint density at radius 3 is 2.88 bits per heavy atom. The first kappa shape index (κ1) is 10.2. The molecule has 1 saturated carbocycles. The first-order valence-electron chi connectivity index (χ1n) is 6.26. The minimum atomic E-state index is -0.330. The minimum Gasteiger partial charge on any atom is -0.493 e. The largest absolute Gasteiger partial charge is 0.493 e. The molecule has 3 atom stereocenters. The van der Waals surface area contributed by atoms with Crippen molar-refractivity contribution in [1.82, 2.24) is 0 Å². The minimum absolute atomic E-state index is 0.330. The van der Waals surface area contributed by atoms with Crippen molar-refractivity contribution >= 4 is 0 Å². The molecule has 1 aromatic carbocycles. The van der Waals surface area contributed by atoms with E-state index in [4.69, 9.17) is 4.74 Å². The van der Waals surface area contributed by atoms with Crippen LogP contribution in [0.3, 0.4) is 0 Å². The molecule has 1 N–H and O–H groups in total. The van der Waals surface area contributed by atoms with E-state index in [9.17, 15) is 5.11 Å². The second kappa shape index (κ2) is 4.10. The fraction of sp³-hybridized carbons (Fsp3) is 0.571. The third kappa shape index (κ3) is 1.61. The lowest BCUT2D eigenvalue weighted by Crippen LogP contribution is -2.27. The summed E-state index contributed by atoms with van der Waals surface area (Å²) in [7, 11) is 0. The van der Waals surface area contributed by atoms with E-state index in [1.54, 1.807) is 0 Å². The lowest BCUT2D eigenvalue weighted by atomic mass is 9.75. The lowest BCUT2D eigenvalue weighted by Gasteiger charge is -2.31.